The van der Waals surface area contributed by atoms with E-state index in [-0.39, 0.29) is 6.04 Å². The van der Waals surface area contributed by atoms with Gasteiger partial charge >= 0.3 is 0 Å². The van der Waals surface area contributed by atoms with E-state index in [4.69, 9.17) is 5.73 Å². The molecule has 0 radical (unpaired) electrons. The fourth-order valence-electron chi connectivity index (χ4n) is 2.25. The molecule has 0 heterocycles. The average molecular weight is 347 g/mol. The molecule has 1 aromatic carbocycles. The third kappa shape index (κ3) is 2.22. The van der Waals surface area contributed by atoms with Crippen LogP contribution in [0.15, 0.2) is 21.1 Å². The molecule has 1 aliphatic rings. The molecule has 1 aromatic rings. The first kappa shape index (κ1) is 12.6. The minimum absolute atomic E-state index is 0.140. The summed E-state index contributed by atoms with van der Waals surface area (Å²) in [7, 11) is 0. The lowest BCUT2D eigenvalue weighted by molar-refractivity contribution is 0.490. The zero-order valence-corrected chi connectivity index (χ0v) is 13.0. The van der Waals surface area contributed by atoms with Crippen LogP contribution in [0.5, 0.6) is 0 Å². The van der Waals surface area contributed by atoms with Gasteiger partial charge in [-0.2, -0.15) is 0 Å². The molecule has 1 saturated carbocycles. The van der Waals surface area contributed by atoms with E-state index in [2.05, 4.69) is 64.8 Å². The minimum atomic E-state index is 0.140. The summed E-state index contributed by atoms with van der Waals surface area (Å²) in [4.78, 5) is 0. The van der Waals surface area contributed by atoms with Gasteiger partial charge in [-0.05, 0) is 47.9 Å². The summed E-state index contributed by atoms with van der Waals surface area (Å²) in [5, 5.41) is 0. The Morgan fingerprint density at radius 2 is 1.88 bits per heavy atom. The fraction of sp³-hybridized carbons (Fsp3) is 0.538. The van der Waals surface area contributed by atoms with Gasteiger partial charge in [-0.15, -0.1) is 0 Å². The summed E-state index contributed by atoms with van der Waals surface area (Å²) in [6, 6.07) is 4.42. The van der Waals surface area contributed by atoms with E-state index in [1.54, 1.807) is 0 Å². The van der Waals surface area contributed by atoms with Gasteiger partial charge in [0, 0.05) is 15.0 Å². The lowest BCUT2D eigenvalue weighted by atomic mass is 9.97. The van der Waals surface area contributed by atoms with E-state index < -0.39 is 0 Å². The molecule has 2 unspecified atom stereocenters. The highest BCUT2D eigenvalue weighted by molar-refractivity contribution is 9.11. The predicted octanol–water partition coefficient (Wildman–Crippen LogP) is 4.57. The lowest BCUT2D eigenvalue weighted by Crippen LogP contribution is -2.16. The second-order valence-corrected chi connectivity index (χ2v) is 7.16. The number of hydrogen-bond acceptors (Lipinski definition) is 1. The first-order chi connectivity index (χ1) is 7.33. The minimum Gasteiger partial charge on any atom is -0.324 e. The Morgan fingerprint density at radius 1 is 1.31 bits per heavy atom. The molecule has 0 bridgehead atoms. The van der Waals surface area contributed by atoms with Crippen molar-refractivity contribution in [2.45, 2.75) is 33.2 Å². The number of nitrogens with two attached hydrogens (primary N) is 1. The van der Waals surface area contributed by atoms with Crippen molar-refractivity contribution < 1.29 is 0 Å². The van der Waals surface area contributed by atoms with Crippen molar-refractivity contribution in [3.63, 3.8) is 0 Å². The maximum absolute atomic E-state index is 6.34. The van der Waals surface area contributed by atoms with E-state index in [1.807, 2.05) is 0 Å². The molecule has 1 aliphatic carbocycles. The van der Waals surface area contributed by atoms with Crippen LogP contribution in [-0.4, -0.2) is 0 Å². The van der Waals surface area contributed by atoms with Gasteiger partial charge in [0.2, 0.25) is 0 Å². The first-order valence-corrected chi connectivity index (χ1v) is 7.12. The number of halogens is 2. The zero-order chi connectivity index (χ0) is 12.1. The molecule has 0 aromatic heterocycles. The highest BCUT2D eigenvalue weighted by Crippen LogP contribution is 2.57. The second kappa shape index (κ2) is 4.11. The Morgan fingerprint density at radius 3 is 2.38 bits per heavy atom. The number of hydrogen-bond donors (Lipinski definition) is 1. The summed E-state index contributed by atoms with van der Waals surface area (Å²) in [6.45, 7) is 6.66. The van der Waals surface area contributed by atoms with E-state index in [1.165, 1.54) is 17.5 Å². The number of rotatable bonds is 2. The van der Waals surface area contributed by atoms with Crippen LogP contribution in [0.25, 0.3) is 0 Å². The lowest BCUT2D eigenvalue weighted by Gasteiger charge is -2.17. The Hall–Kier alpha value is 0.140. The second-order valence-electron chi connectivity index (χ2n) is 5.45. The van der Waals surface area contributed by atoms with Crippen molar-refractivity contribution in [1.82, 2.24) is 0 Å². The molecule has 2 rings (SSSR count). The van der Waals surface area contributed by atoms with Crippen LogP contribution in [0.2, 0.25) is 0 Å². The molecule has 0 saturated heterocycles. The molecule has 1 nitrogen and oxygen atoms in total. The van der Waals surface area contributed by atoms with E-state index >= 15 is 0 Å². The normalized spacial score (nSPS) is 24.2. The summed E-state index contributed by atoms with van der Waals surface area (Å²) in [5.41, 5.74) is 9.21. The Kier molecular flexibility index (Phi) is 3.23. The topological polar surface area (TPSA) is 26.0 Å². The zero-order valence-electron chi connectivity index (χ0n) is 9.85. The standard InChI is InChI=1S/C13H17Br2N/c1-7-4-11(15)8(5-10(7)14)12(16)9-6-13(9,2)3/h4-5,9,12H,6,16H2,1-3H3. The van der Waals surface area contributed by atoms with Crippen molar-refractivity contribution in [3.05, 3.63) is 32.2 Å². The maximum Gasteiger partial charge on any atom is 0.0340 e. The Labute approximate surface area is 114 Å². The molecule has 16 heavy (non-hydrogen) atoms. The van der Waals surface area contributed by atoms with Crippen molar-refractivity contribution in [3.8, 4) is 0 Å². The van der Waals surface area contributed by atoms with Crippen LogP contribution in [0.4, 0.5) is 0 Å². The van der Waals surface area contributed by atoms with Crippen LogP contribution in [0.3, 0.4) is 0 Å². The van der Waals surface area contributed by atoms with Crippen molar-refractivity contribution >= 4 is 31.9 Å². The Balaban J connectivity index is 2.31. The summed E-state index contributed by atoms with van der Waals surface area (Å²) < 4.78 is 2.27. The van der Waals surface area contributed by atoms with Crippen LogP contribution in [-0.2, 0) is 0 Å². The highest BCUT2D eigenvalue weighted by Gasteiger charge is 2.49. The predicted molar refractivity (Wildman–Crippen MR) is 75.4 cm³/mol. The highest BCUT2D eigenvalue weighted by atomic mass is 79.9. The largest absolute Gasteiger partial charge is 0.324 e. The molecule has 2 atom stereocenters. The van der Waals surface area contributed by atoms with Crippen LogP contribution < -0.4 is 5.73 Å². The fourth-order valence-corrected chi connectivity index (χ4v) is 3.34. The van der Waals surface area contributed by atoms with E-state index in [0.717, 1.165) is 8.95 Å². The molecule has 0 aliphatic heterocycles. The smallest absolute Gasteiger partial charge is 0.0340 e. The molecule has 88 valence electrons. The van der Waals surface area contributed by atoms with Crippen LogP contribution >= 0.6 is 31.9 Å². The van der Waals surface area contributed by atoms with Crippen molar-refractivity contribution in [1.29, 1.82) is 0 Å². The summed E-state index contributed by atoms with van der Waals surface area (Å²) >= 11 is 7.18. The molecule has 3 heteroatoms. The van der Waals surface area contributed by atoms with Crippen LogP contribution in [0.1, 0.15) is 37.4 Å². The molecule has 1 fully saturated rings. The number of aryl methyl sites for hydroxylation is 1. The molecule has 0 spiro atoms. The maximum atomic E-state index is 6.34. The third-order valence-corrected chi connectivity index (χ3v) is 5.20. The molecule has 0 amide bonds. The van der Waals surface area contributed by atoms with E-state index in [0.29, 0.717) is 11.3 Å². The quantitative estimate of drug-likeness (QED) is 0.834. The van der Waals surface area contributed by atoms with Gasteiger partial charge in [-0.3, -0.25) is 0 Å². The Bertz CT molecular complexity index is 426. The van der Waals surface area contributed by atoms with Crippen molar-refractivity contribution in [2.24, 2.45) is 17.1 Å². The van der Waals surface area contributed by atoms with Gasteiger partial charge in [0.05, 0.1) is 0 Å². The third-order valence-electron chi connectivity index (χ3n) is 3.66. The van der Waals surface area contributed by atoms with E-state index in [9.17, 15) is 0 Å². The summed E-state index contributed by atoms with van der Waals surface area (Å²) in [5.74, 6) is 0.610. The van der Waals surface area contributed by atoms with Gasteiger partial charge < -0.3 is 5.73 Å². The molecular formula is C13H17Br2N. The number of benzene rings is 1. The SMILES string of the molecule is Cc1cc(Br)c(C(N)C2CC2(C)C)cc1Br. The molecular weight excluding hydrogens is 330 g/mol. The monoisotopic (exact) mass is 345 g/mol. The van der Waals surface area contributed by atoms with Gasteiger partial charge in [-0.25, -0.2) is 0 Å². The average Bonchev–Trinajstić information content (AvgIpc) is 2.80. The van der Waals surface area contributed by atoms with Crippen LogP contribution in [0, 0.1) is 18.3 Å². The van der Waals surface area contributed by atoms with Crippen molar-refractivity contribution in [2.75, 3.05) is 0 Å². The van der Waals surface area contributed by atoms with Gasteiger partial charge in [-0.1, -0.05) is 45.7 Å². The van der Waals surface area contributed by atoms with Gasteiger partial charge in [0.1, 0.15) is 0 Å². The molecule has 2 N–H and O–H groups in total. The van der Waals surface area contributed by atoms with Gasteiger partial charge in [0.25, 0.3) is 0 Å². The first-order valence-electron chi connectivity index (χ1n) is 5.54. The van der Waals surface area contributed by atoms with Gasteiger partial charge in [0.15, 0.2) is 0 Å². The summed E-state index contributed by atoms with van der Waals surface area (Å²) in [6.07, 6.45) is 1.23.